The molecule has 0 unspecified atom stereocenters. The molecular weight excluding hydrogens is 432 g/mol. The molecule has 0 bridgehead atoms. The number of rotatable bonds is 4. The average Bonchev–Trinajstić information content (AvgIpc) is 3.02. The number of nitrogens with zero attached hydrogens (tertiary/aromatic N) is 2. The third-order valence-electron chi connectivity index (χ3n) is 6.73. The molecule has 1 amide bonds. The van der Waals surface area contributed by atoms with Gasteiger partial charge in [-0.1, -0.05) is 6.42 Å². The van der Waals surface area contributed by atoms with Gasteiger partial charge in [0.05, 0.1) is 5.75 Å². The molecule has 0 aromatic carbocycles. The Hall–Kier alpha value is -2.92. The van der Waals surface area contributed by atoms with Crippen LogP contribution >= 0.6 is 0 Å². The van der Waals surface area contributed by atoms with Crippen LogP contribution in [-0.2, 0) is 22.1 Å². The molecule has 5 N–H and O–H groups in total. The Morgan fingerprint density at radius 1 is 1.25 bits per heavy atom. The van der Waals surface area contributed by atoms with Crippen LogP contribution in [0.4, 0.5) is 17.2 Å². The van der Waals surface area contributed by atoms with Crippen LogP contribution in [0.25, 0.3) is 0 Å². The van der Waals surface area contributed by atoms with E-state index in [0.717, 1.165) is 54.5 Å². The number of nitrogens with one attached hydrogen (secondary N) is 3. The van der Waals surface area contributed by atoms with E-state index in [1.807, 2.05) is 6.92 Å². The van der Waals surface area contributed by atoms with Crippen molar-refractivity contribution in [1.29, 1.82) is 0 Å². The number of nitrogens with two attached hydrogens (primary N) is 1. The van der Waals surface area contributed by atoms with Crippen molar-refractivity contribution in [3.63, 3.8) is 0 Å². The summed E-state index contributed by atoms with van der Waals surface area (Å²) in [5.41, 5.74) is 3.39. The fourth-order valence-corrected chi connectivity index (χ4v) is 5.55. The van der Waals surface area contributed by atoms with Gasteiger partial charge < -0.3 is 16.0 Å². The van der Waals surface area contributed by atoms with Gasteiger partial charge >= 0.3 is 0 Å². The van der Waals surface area contributed by atoms with E-state index >= 15 is 0 Å². The minimum Gasteiger partial charge on any atom is -0.369 e. The summed E-state index contributed by atoms with van der Waals surface area (Å²) in [5, 5.41) is 14.4. The van der Waals surface area contributed by atoms with Gasteiger partial charge in [-0.05, 0) is 49.3 Å². The van der Waals surface area contributed by atoms with E-state index in [1.165, 1.54) is 0 Å². The van der Waals surface area contributed by atoms with Crippen LogP contribution < -0.4 is 26.6 Å². The number of hydrogen-bond donors (Lipinski definition) is 4. The van der Waals surface area contributed by atoms with Gasteiger partial charge in [0.15, 0.2) is 0 Å². The summed E-state index contributed by atoms with van der Waals surface area (Å²) in [6.07, 6.45) is 6.72. The lowest BCUT2D eigenvalue weighted by Gasteiger charge is -2.36. The first-order chi connectivity index (χ1) is 15.2. The number of aromatic nitrogens is 2. The van der Waals surface area contributed by atoms with Crippen LogP contribution in [-0.4, -0.2) is 36.2 Å². The van der Waals surface area contributed by atoms with Gasteiger partial charge in [-0.15, -0.1) is 0 Å². The van der Waals surface area contributed by atoms with Crippen molar-refractivity contribution >= 4 is 33.1 Å². The Morgan fingerprint density at radius 3 is 2.72 bits per heavy atom. The first-order valence-corrected chi connectivity index (χ1v) is 12.5. The Balaban J connectivity index is 1.52. The zero-order valence-electron chi connectivity index (χ0n) is 17.8. The largest absolute Gasteiger partial charge is 0.369 e. The molecule has 11 heteroatoms. The van der Waals surface area contributed by atoms with Crippen LogP contribution in [0.5, 0.6) is 0 Å². The van der Waals surface area contributed by atoms with E-state index in [9.17, 15) is 18.0 Å². The van der Waals surface area contributed by atoms with Gasteiger partial charge in [-0.2, -0.15) is 0 Å². The number of carbonyl (C=O) groups is 1. The number of carbonyl (C=O) groups excluding carboxylic acids is 1. The molecule has 0 radical (unpaired) electrons. The van der Waals surface area contributed by atoms with E-state index in [1.54, 1.807) is 16.8 Å². The molecule has 2 aromatic rings. The summed E-state index contributed by atoms with van der Waals surface area (Å²) in [5.74, 6) is 0.0993. The number of pyridine rings is 2. The summed E-state index contributed by atoms with van der Waals surface area (Å²) in [4.78, 5) is 30.9. The van der Waals surface area contributed by atoms with E-state index < -0.39 is 15.7 Å². The lowest BCUT2D eigenvalue weighted by atomic mass is 9.88. The second-order valence-electron chi connectivity index (χ2n) is 8.84. The zero-order chi connectivity index (χ0) is 22.7. The lowest BCUT2D eigenvalue weighted by molar-refractivity contribution is 0.0876. The van der Waals surface area contributed by atoms with Crippen molar-refractivity contribution in [2.24, 2.45) is 5.14 Å². The van der Waals surface area contributed by atoms with Gasteiger partial charge in [0.2, 0.25) is 10.0 Å². The van der Waals surface area contributed by atoms with E-state index in [0.29, 0.717) is 23.6 Å². The molecule has 5 rings (SSSR count). The number of hydrogen-bond acceptors (Lipinski definition) is 7. The molecule has 2 aliphatic heterocycles. The van der Waals surface area contributed by atoms with Crippen LogP contribution in [0.3, 0.4) is 0 Å². The number of sulfonamides is 1. The maximum absolute atomic E-state index is 13.7. The Morgan fingerprint density at radius 2 is 2.00 bits per heavy atom. The standard InChI is InChI=1S/C21H26N6O4S/c1-12-14-9-13-11-24-16(23-7-8-32(22,30)31)10-15(13)25-17(14)20(29)27-18(12)19(28)26-21(27)5-3-2-4-6-21/h10-11,25H,2-9H2,1H3,(H,23,24)(H,26,28)(H2,22,30,31). The fourth-order valence-electron chi connectivity index (χ4n) is 5.17. The molecule has 3 aliphatic rings. The molecule has 1 saturated carbocycles. The topological polar surface area (TPSA) is 148 Å². The highest BCUT2D eigenvalue weighted by molar-refractivity contribution is 7.89. The zero-order valence-corrected chi connectivity index (χ0v) is 18.6. The van der Waals surface area contributed by atoms with Gasteiger partial charge in [0.25, 0.3) is 11.5 Å². The molecule has 1 aliphatic carbocycles. The van der Waals surface area contributed by atoms with Crippen LogP contribution in [0, 0.1) is 6.92 Å². The van der Waals surface area contributed by atoms with Crippen molar-refractivity contribution in [1.82, 2.24) is 14.9 Å². The highest BCUT2D eigenvalue weighted by Gasteiger charge is 2.46. The maximum atomic E-state index is 13.7. The predicted molar refractivity (Wildman–Crippen MR) is 121 cm³/mol. The summed E-state index contributed by atoms with van der Waals surface area (Å²) < 4.78 is 24.0. The SMILES string of the molecule is Cc1c2c(c(=O)n3c1C(=O)NC31CCCCC1)Nc1cc(NCCS(N)(=O)=O)ncc1C2. The molecule has 0 saturated heterocycles. The monoisotopic (exact) mass is 458 g/mol. The van der Waals surface area contributed by atoms with Crippen molar-refractivity contribution in [3.8, 4) is 0 Å². The Labute approximate surface area is 185 Å². The smallest absolute Gasteiger partial charge is 0.277 e. The van der Waals surface area contributed by atoms with Crippen molar-refractivity contribution in [2.45, 2.75) is 51.1 Å². The summed E-state index contributed by atoms with van der Waals surface area (Å²) in [7, 11) is -3.57. The minimum atomic E-state index is -3.57. The average molecular weight is 459 g/mol. The number of primary sulfonamides is 1. The third-order valence-corrected chi connectivity index (χ3v) is 7.50. The van der Waals surface area contributed by atoms with E-state index in [4.69, 9.17) is 5.14 Å². The number of anilines is 3. The molecule has 4 heterocycles. The molecule has 170 valence electrons. The van der Waals surface area contributed by atoms with Crippen molar-refractivity contribution in [2.75, 3.05) is 22.9 Å². The van der Waals surface area contributed by atoms with Gasteiger partial charge in [-0.25, -0.2) is 18.5 Å². The first-order valence-electron chi connectivity index (χ1n) is 10.8. The van der Waals surface area contributed by atoms with E-state index in [-0.39, 0.29) is 23.8 Å². The lowest BCUT2D eigenvalue weighted by Crippen LogP contribution is -2.49. The van der Waals surface area contributed by atoms with Crippen molar-refractivity contribution in [3.05, 3.63) is 45.0 Å². The fraction of sp³-hybridized carbons (Fsp3) is 0.476. The van der Waals surface area contributed by atoms with Crippen LogP contribution in [0.15, 0.2) is 17.1 Å². The highest BCUT2D eigenvalue weighted by atomic mass is 32.2. The second-order valence-corrected chi connectivity index (χ2v) is 10.6. The normalized spacial score (nSPS) is 18.4. The Bertz CT molecular complexity index is 1290. The summed E-state index contributed by atoms with van der Waals surface area (Å²) in [6, 6.07) is 1.76. The molecule has 0 atom stereocenters. The second kappa shape index (κ2) is 7.31. The summed E-state index contributed by atoms with van der Waals surface area (Å²) >= 11 is 0. The molecule has 2 aromatic heterocycles. The van der Waals surface area contributed by atoms with Crippen LogP contribution in [0.2, 0.25) is 0 Å². The van der Waals surface area contributed by atoms with Gasteiger partial charge in [0, 0.05) is 30.9 Å². The number of amides is 1. The van der Waals surface area contributed by atoms with Gasteiger partial charge in [-0.3, -0.25) is 14.2 Å². The first kappa shape index (κ1) is 21.0. The van der Waals surface area contributed by atoms with Gasteiger partial charge in [0.1, 0.15) is 22.9 Å². The molecule has 1 spiro atoms. The number of fused-ring (bicyclic) bond motifs is 4. The molecule has 1 fully saturated rings. The molecule has 10 nitrogen and oxygen atoms in total. The quantitative estimate of drug-likeness (QED) is 0.460. The van der Waals surface area contributed by atoms with E-state index in [2.05, 4.69) is 20.9 Å². The van der Waals surface area contributed by atoms with Crippen LogP contribution in [0.1, 0.15) is 59.3 Å². The summed E-state index contributed by atoms with van der Waals surface area (Å²) in [6.45, 7) is 2.03. The maximum Gasteiger partial charge on any atom is 0.277 e. The predicted octanol–water partition coefficient (Wildman–Crippen LogP) is 1.26. The molecule has 32 heavy (non-hydrogen) atoms. The molecular formula is C21H26N6O4S. The van der Waals surface area contributed by atoms with Crippen molar-refractivity contribution < 1.29 is 13.2 Å². The Kier molecular flexibility index (Phi) is 4.79. The highest BCUT2D eigenvalue weighted by Crippen LogP contribution is 2.41. The minimum absolute atomic E-state index is 0.132. The third kappa shape index (κ3) is 3.36.